The molecule has 0 aliphatic carbocycles. The van der Waals surface area contributed by atoms with Gasteiger partial charge in [0.05, 0.1) is 5.69 Å². The quantitative estimate of drug-likeness (QED) is 0.792. The second-order valence-electron chi connectivity index (χ2n) is 6.15. The van der Waals surface area contributed by atoms with Gasteiger partial charge in [-0.25, -0.2) is 4.99 Å². The molecule has 0 aromatic heterocycles. The van der Waals surface area contributed by atoms with Gasteiger partial charge in [0.1, 0.15) is 0 Å². The van der Waals surface area contributed by atoms with Gasteiger partial charge < -0.3 is 0 Å². The van der Waals surface area contributed by atoms with Crippen LogP contribution in [0.25, 0.3) is 0 Å². The van der Waals surface area contributed by atoms with Gasteiger partial charge in [0.25, 0.3) is 5.91 Å². The fourth-order valence-electron chi connectivity index (χ4n) is 2.75. The van der Waals surface area contributed by atoms with Crippen LogP contribution in [0.1, 0.15) is 34.8 Å². The van der Waals surface area contributed by atoms with E-state index in [-0.39, 0.29) is 11.9 Å². The van der Waals surface area contributed by atoms with E-state index in [4.69, 9.17) is 4.99 Å². The molecular weight excluding hydrogens is 316 g/mol. The molecular formula is C20H22N2OS. The summed E-state index contributed by atoms with van der Waals surface area (Å²) >= 11 is 1.67. The van der Waals surface area contributed by atoms with Gasteiger partial charge >= 0.3 is 0 Å². The predicted octanol–water partition coefficient (Wildman–Crippen LogP) is 4.96. The van der Waals surface area contributed by atoms with Crippen molar-refractivity contribution in [2.24, 2.45) is 4.99 Å². The zero-order valence-corrected chi connectivity index (χ0v) is 15.1. The van der Waals surface area contributed by atoms with Crippen molar-refractivity contribution < 1.29 is 4.79 Å². The Morgan fingerprint density at radius 1 is 1.17 bits per heavy atom. The van der Waals surface area contributed by atoms with Gasteiger partial charge in [-0.15, -0.1) is 0 Å². The molecule has 2 aromatic carbocycles. The van der Waals surface area contributed by atoms with E-state index >= 15 is 0 Å². The number of amides is 1. The van der Waals surface area contributed by atoms with Crippen LogP contribution in [0.2, 0.25) is 0 Å². The molecule has 2 aromatic rings. The van der Waals surface area contributed by atoms with Crippen molar-refractivity contribution in [1.82, 2.24) is 4.90 Å². The third-order valence-electron chi connectivity index (χ3n) is 4.19. The number of hydrogen-bond acceptors (Lipinski definition) is 3. The van der Waals surface area contributed by atoms with Crippen LogP contribution in [0, 0.1) is 13.8 Å². The van der Waals surface area contributed by atoms with Crippen molar-refractivity contribution >= 4 is 28.5 Å². The minimum absolute atomic E-state index is 0.0400. The molecule has 124 valence electrons. The van der Waals surface area contributed by atoms with Crippen molar-refractivity contribution in [2.45, 2.75) is 33.2 Å². The van der Waals surface area contributed by atoms with Gasteiger partial charge in [-0.1, -0.05) is 48.5 Å². The Balaban J connectivity index is 1.94. The Hall–Kier alpha value is -2.07. The highest BCUT2D eigenvalue weighted by molar-refractivity contribution is 8.14. The molecule has 3 rings (SSSR count). The number of aliphatic imine (C=N–C) groups is 1. The third-order valence-corrected chi connectivity index (χ3v) is 5.29. The molecule has 0 N–H and O–H groups in total. The normalized spacial score (nSPS) is 19.0. The number of amidine groups is 1. The molecule has 24 heavy (non-hydrogen) atoms. The number of nitrogens with zero attached hydrogens (tertiary/aromatic N) is 2. The Morgan fingerprint density at radius 3 is 2.58 bits per heavy atom. The maximum absolute atomic E-state index is 13.0. The highest BCUT2D eigenvalue weighted by Crippen LogP contribution is 2.30. The largest absolute Gasteiger partial charge is 0.283 e. The number of hydrogen-bond donors (Lipinski definition) is 0. The maximum Gasteiger partial charge on any atom is 0.260 e. The standard InChI is InChI=1S/C20H22N2OS/c1-4-18-13-24-20(21-17-7-5-6-15(3)12-17)22(18)19(23)16-10-8-14(2)9-11-16/h5-12,18H,4,13H2,1-3H3/t18-/m1/s1. The van der Waals surface area contributed by atoms with E-state index in [2.05, 4.69) is 19.9 Å². The lowest BCUT2D eigenvalue weighted by Crippen LogP contribution is -2.39. The second-order valence-corrected chi connectivity index (χ2v) is 7.13. The van der Waals surface area contributed by atoms with Gasteiger partial charge in [0.15, 0.2) is 5.17 Å². The Morgan fingerprint density at radius 2 is 1.92 bits per heavy atom. The van der Waals surface area contributed by atoms with Gasteiger partial charge in [0, 0.05) is 17.4 Å². The molecule has 0 unspecified atom stereocenters. The molecule has 4 heteroatoms. The minimum atomic E-state index is 0.0400. The first-order valence-electron chi connectivity index (χ1n) is 8.27. The van der Waals surface area contributed by atoms with Crippen molar-refractivity contribution in [3.63, 3.8) is 0 Å². The number of benzene rings is 2. The Kier molecular flexibility index (Phi) is 5.05. The third kappa shape index (κ3) is 3.54. The zero-order chi connectivity index (χ0) is 17.1. The average molecular weight is 338 g/mol. The highest BCUT2D eigenvalue weighted by Gasteiger charge is 2.34. The summed E-state index contributed by atoms with van der Waals surface area (Å²) in [5.41, 5.74) is 3.95. The number of thioether (sulfide) groups is 1. The molecule has 1 fully saturated rings. The van der Waals surface area contributed by atoms with E-state index in [1.165, 1.54) is 5.56 Å². The molecule has 0 radical (unpaired) electrons. The lowest BCUT2D eigenvalue weighted by molar-refractivity contribution is 0.0819. The smallest absolute Gasteiger partial charge is 0.260 e. The molecule has 0 bridgehead atoms. The molecule has 1 aliphatic heterocycles. The first-order valence-corrected chi connectivity index (χ1v) is 9.25. The topological polar surface area (TPSA) is 32.7 Å². The predicted molar refractivity (Wildman–Crippen MR) is 102 cm³/mol. The van der Waals surface area contributed by atoms with E-state index in [9.17, 15) is 4.79 Å². The summed E-state index contributed by atoms with van der Waals surface area (Å²) in [6, 6.07) is 16.0. The molecule has 1 atom stereocenters. The Bertz CT molecular complexity index is 767. The molecule has 1 saturated heterocycles. The molecule has 1 heterocycles. The van der Waals surface area contributed by atoms with Crippen LogP contribution in [0.15, 0.2) is 53.5 Å². The van der Waals surface area contributed by atoms with Gasteiger partial charge in [0.2, 0.25) is 0 Å². The van der Waals surface area contributed by atoms with Crippen LogP contribution in [0.4, 0.5) is 5.69 Å². The fraction of sp³-hybridized carbons (Fsp3) is 0.300. The summed E-state index contributed by atoms with van der Waals surface area (Å²) in [5, 5.41) is 0.804. The van der Waals surface area contributed by atoms with Crippen LogP contribution >= 0.6 is 11.8 Å². The van der Waals surface area contributed by atoms with Crippen LogP contribution < -0.4 is 0 Å². The SMILES string of the molecule is CC[C@@H]1CSC(=Nc2cccc(C)c2)N1C(=O)c1ccc(C)cc1. The zero-order valence-electron chi connectivity index (χ0n) is 14.3. The molecule has 3 nitrogen and oxygen atoms in total. The maximum atomic E-state index is 13.0. The van der Waals surface area contributed by atoms with Crippen molar-refractivity contribution in [1.29, 1.82) is 0 Å². The monoisotopic (exact) mass is 338 g/mol. The van der Waals surface area contributed by atoms with Crippen LogP contribution in [-0.4, -0.2) is 27.8 Å². The number of carbonyl (C=O) groups excluding carboxylic acids is 1. The van der Waals surface area contributed by atoms with Gasteiger partial charge in [-0.3, -0.25) is 9.69 Å². The summed E-state index contributed by atoms with van der Waals surface area (Å²) in [4.78, 5) is 19.6. The number of rotatable bonds is 3. The summed E-state index contributed by atoms with van der Waals surface area (Å²) in [5.74, 6) is 0.942. The first-order chi connectivity index (χ1) is 11.6. The fourth-order valence-corrected chi connectivity index (χ4v) is 4.02. The van der Waals surface area contributed by atoms with E-state index in [0.717, 1.165) is 34.2 Å². The lowest BCUT2D eigenvalue weighted by atomic mass is 10.1. The van der Waals surface area contributed by atoms with Crippen LogP contribution in [0.3, 0.4) is 0 Å². The summed E-state index contributed by atoms with van der Waals surface area (Å²) in [6.07, 6.45) is 0.928. The van der Waals surface area contributed by atoms with E-state index < -0.39 is 0 Å². The van der Waals surface area contributed by atoms with Crippen LogP contribution in [0.5, 0.6) is 0 Å². The minimum Gasteiger partial charge on any atom is -0.283 e. The van der Waals surface area contributed by atoms with Gasteiger partial charge in [-0.05, 0) is 50.1 Å². The van der Waals surface area contributed by atoms with Crippen molar-refractivity contribution in [3.8, 4) is 0 Å². The van der Waals surface area contributed by atoms with Crippen molar-refractivity contribution in [2.75, 3.05) is 5.75 Å². The van der Waals surface area contributed by atoms with E-state index in [0.29, 0.717) is 0 Å². The molecule has 0 spiro atoms. The summed E-state index contributed by atoms with van der Waals surface area (Å²) in [7, 11) is 0. The van der Waals surface area contributed by atoms with E-state index in [1.54, 1.807) is 11.8 Å². The first kappa shape index (κ1) is 16.8. The summed E-state index contributed by atoms with van der Waals surface area (Å²) in [6.45, 7) is 6.20. The average Bonchev–Trinajstić information content (AvgIpc) is 2.97. The lowest BCUT2D eigenvalue weighted by Gasteiger charge is -2.23. The summed E-state index contributed by atoms with van der Waals surface area (Å²) < 4.78 is 0. The highest BCUT2D eigenvalue weighted by atomic mass is 32.2. The molecule has 1 amide bonds. The number of aryl methyl sites for hydroxylation is 2. The molecule has 1 aliphatic rings. The van der Waals surface area contributed by atoms with Crippen LogP contribution in [-0.2, 0) is 0 Å². The van der Waals surface area contributed by atoms with Crippen molar-refractivity contribution in [3.05, 3.63) is 65.2 Å². The molecule has 0 saturated carbocycles. The second kappa shape index (κ2) is 7.22. The Labute approximate surface area is 147 Å². The van der Waals surface area contributed by atoms with E-state index in [1.807, 2.05) is 54.3 Å². The van der Waals surface area contributed by atoms with Gasteiger partial charge in [-0.2, -0.15) is 0 Å². The number of carbonyl (C=O) groups is 1.